The van der Waals surface area contributed by atoms with Crippen LogP contribution in [0.4, 0.5) is 9.59 Å². The number of thioether (sulfide) groups is 1. The van der Waals surface area contributed by atoms with Gasteiger partial charge in [0, 0.05) is 18.6 Å². The van der Waals surface area contributed by atoms with Gasteiger partial charge in [0.05, 0.1) is 6.61 Å². The van der Waals surface area contributed by atoms with Crippen LogP contribution >= 0.6 is 11.8 Å². The summed E-state index contributed by atoms with van der Waals surface area (Å²) in [6, 6.07) is -0.938. The van der Waals surface area contributed by atoms with E-state index in [1.165, 1.54) is 0 Å². The van der Waals surface area contributed by atoms with Crippen LogP contribution in [0.15, 0.2) is 10.1 Å². The molecule has 13 heteroatoms. The van der Waals surface area contributed by atoms with Gasteiger partial charge in [-0.25, -0.2) is 19.2 Å². The zero-order valence-corrected chi connectivity index (χ0v) is 25.4. The van der Waals surface area contributed by atoms with Gasteiger partial charge in [0.15, 0.2) is 10.9 Å². The van der Waals surface area contributed by atoms with E-state index in [1.54, 1.807) is 69.2 Å². The minimum Gasteiger partial charge on any atom is -0.461 e. The number of amidine groups is 1. The Balaban J connectivity index is 2.40. The lowest BCUT2D eigenvalue weighted by Gasteiger charge is -2.38. The number of nitrogens with zero attached hydrogens (tertiary/aromatic N) is 3. The normalized spacial score (nSPS) is 19.3. The highest BCUT2D eigenvalue weighted by molar-refractivity contribution is 8.14. The predicted octanol–water partition coefficient (Wildman–Crippen LogP) is 4.83. The van der Waals surface area contributed by atoms with E-state index in [0.717, 1.165) is 18.2 Å². The lowest BCUT2D eigenvalue weighted by molar-refractivity contribution is -0.196. The third-order valence-electron chi connectivity index (χ3n) is 5.03. The van der Waals surface area contributed by atoms with Crippen molar-refractivity contribution in [1.29, 1.82) is 0 Å². The Morgan fingerprint density at radius 3 is 1.85 bits per heavy atom. The number of oxime groups is 1. The quantitative estimate of drug-likeness (QED) is 0.188. The number of carbonyl (C=O) groups is 4. The summed E-state index contributed by atoms with van der Waals surface area (Å²) in [5.41, 5.74) is -4.05. The second kappa shape index (κ2) is 12.1. The van der Waals surface area contributed by atoms with Crippen molar-refractivity contribution in [3.05, 3.63) is 0 Å². The van der Waals surface area contributed by atoms with E-state index >= 15 is 0 Å². The van der Waals surface area contributed by atoms with Gasteiger partial charge in [-0.2, -0.15) is 4.90 Å². The van der Waals surface area contributed by atoms with E-state index in [2.05, 4.69) is 10.1 Å². The third-order valence-corrected chi connectivity index (χ3v) is 6.06. The molecule has 0 aromatic rings. The maximum Gasteiger partial charge on any atom is 0.426 e. The van der Waals surface area contributed by atoms with Gasteiger partial charge < -0.3 is 23.8 Å². The van der Waals surface area contributed by atoms with Crippen LogP contribution in [0.25, 0.3) is 0 Å². The number of imide groups is 1. The summed E-state index contributed by atoms with van der Waals surface area (Å²) < 4.78 is 21.5. The number of rotatable bonds is 6. The molecule has 0 radical (unpaired) electrons. The van der Waals surface area contributed by atoms with Crippen molar-refractivity contribution in [3.63, 3.8) is 0 Å². The molecular formula is C26H41N3O9S. The van der Waals surface area contributed by atoms with Crippen LogP contribution in [0.3, 0.4) is 0 Å². The summed E-state index contributed by atoms with van der Waals surface area (Å²) in [7, 11) is 0. The molecule has 1 heterocycles. The Kier molecular flexibility index (Phi) is 10.1. The van der Waals surface area contributed by atoms with Gasteiger partial charge in [-0.1, -0.05) is 16.9 Å². The van der Waals surface area contributed by atoms with E-state index in [1.807, 2.05) is 0 Å². The van der Waals surface area contributed by atoms with Crippen molar-refractivity contribution in [2.75, 3.05) is 12.4 Å². The summed E-state index contributed by atoms with van der Waals surface area (Å²) in [4.78, 5) is 62.5. The average Bonchev–Trinajstić information content (AvgIpc) is 3.14. The zero-order valence-electron chi connectivity index (χ0n) is 24.5. The molecule has 12 nitrogen and oxygen atoms in total. The molecule has 0 aromatic carbocycles. The first-order valence-electron chi connectivity index (χ1n) is 12.9. The predicted molar refractivity (Wildman–Crippen MR) is 146 cm³/mol. The molecule has 1 unspecified atom stereocenters. The Morgan fingerprint density at radius 1 is 0.923 bits per heavy atom. The monoisotopic (exact) mass is 571 g/mol. The van der Waals surface area contributed by atoms with Crippen molar-refractivity contribution in [2.45, 2.75) is 117 Å². The van der Waals surface area contributed by atoms with Crippen molar-refractivity contribution in [3.8, 4) is 0 Å². The first kappa shape index (κ1) is 32.4. The molecule has 0 N–H and O–H groups in total. The molecule has 1 aliphatic heterocycles. The largest absolute Gasteiger partial charge is 0.461 e. The summed E-state index contributed by atoms with van der Waals surface area (Å²) in [6.07, 6.45) is -0.479. The lowest BCUT2D eigenvalue weighted by Crippen LogP contribution is -2.50. The standard InChI is InChI=1S/C26H41N3O9S/c1-11-34-18(30)17(28-38-26(13-12-14-26)19(31)35-23(2,3)4)16-15-39-20(27-16)29(21(32)36-24(5,6)7)22(33)37-25(8,9)10/h16H,11-15H2,1-10H3/b28-17-. The lowest BCUT2D eigenvalue weighted by atomic mass is 9.80. The maximum absolute atomic E-state index is 13.0. The van der Waals surface area contributed by atoms with Gasteiger partial charge in [0.25, 0.3) is 0 Å². The molecule has 2 amide bonds. The summed E-state index contributed by atoms with van der Waals surface area (Å²) >= 11 is 1.04. The number of ether oxygens (including phenoxy) is 4. The van der Waals surface area contributed by atoms with E-state index < -0.39 is 52.6 Å². The minimum atomic E-state index is -1.32. The Bertz CT molecular complexity index is 987. The van der Waals surface area contributed by atoms with Gasteiger partial charge in [-0.15, -0.1) is 0 Å². The second-order valence-electron chi connectivity index (χ2n) is 12.2. The molecule has 1 atom stereocenters. The fourth-order valence-corrected chi connectivity index (χ4v) is 4.27. The first-order valence-corrected chi connectivity index (χ1v) is 13.9. The van der Waals surface area contributed by atoms with Crippen molar-refractivity contribution < 1.29 is 43.0 Å². The van der Waals surface area contributed by atoms with Crippen LogP contribution in [-0.2, 0) is 33.4 Å². The fraction of sp³-hybridized carbons (Fsp3) is 0.769. The highest BCUT2D eigenvalue weighted by Crippen LogP contribution is 2.38. The minimum absolute atomic E-state index is 0.0361. The number of hydrogen-bond acceptors (Lipinski definition) is 12. The smallest absolute Gasteiger partial charge is 0.426 e. The Labute approximate surface area is 234 Å². The molecule has 220 valence electrons. The molecule has 2 rings (SSSR count). The number of aliphatic imine (C=N–C) groups is 1. The van der Waals surface area contributed by atoms with Gasteiger partial charge >= 0.3 is 24.1 Å². The Hall–Kier alpha value is -2.83. The number of carbonyl (C=O) groups excluding carboxylic acids is 4. The molecule has 1 aliphatic carbocycles. The number of hydrogen-bond donors (Lipinski definition) is 0. The van der Waals surface area contributed by atoms with Gasteiger partial charge in [-0.05, 0) is 75.7 Å². The topological polar surface area (TPSA) is 142 Å². The van der Waals surface area contributed by atoms with E-state index in [4.69, 9.17) is 23.8 Å². The highest BCUT2D eigenvalue weighted by atomic mass is 32.2. The molecule has 1 fully saturated rings. The van der Waals surface area contributed by atoms with Crippen molar-refractivity contribution in [2.24, 2.45) is 10.1 Å². The van der Waals surface area contributed by atoms with Crippen LogP contribution in [0.5, 0.6) is 0 Å². The second-order valence-corrected chi connectivity index (χ2v) is 13.2. The van der Waals surface area contributed by atoms with Crippen LogP contribution < -0.4 is 0 Å². The summed E-state index contributed by atoms with van der Waals surface area (Å²) in [5.74, 6) is -1.23. The average molecular weight is 572 g/mol. The third kappa shape index (κ3) is 9.40. The van der Waals surface area contributed by atoms with Crippen LogP contribution in [-0.4, -0.2) is 80.7 Å². The number of esters is 2. The molecule has 0 saturated heterocycles. The molecule has 0 spiro atoms. The summed E-state index contributed by atoms with van der Waals surface area (Å²) in [6.45, 7) is 16.9. The molecule has 1 saturated carbocycles. The SMILES string of the molecule is CCOC(=O)/C(=N\OC1(C(=O)OC(C)(C)C)CCC1)C1CSC(N(C(=O)OC(C)(C)C)C(=O)OC(C)(C)C)=N1. The Morgan fingerprint density at radius 2 is 1.44 bits per heavy atom. The van der Waals surface area contributed by atoms with E-state index in [-0.39, 0.29) is 23.2 Å². The fourth-order valence-electron chi connectivity index (χ4n) is 3.25. The van der Waals surface area contributed by atoms with Crippen molar-refractivity contribution >= 4 is 46.8 Å². The maximum atomic E-state index is 13.0. The van der Waals surface area contributed by atoms with Gasteiger partial charge in [-0.3, -0.25) is 4.99 Å². The molecule has 0 bridgehead atoms. The van der Waals surface area contributed by atoms with Crippen LogP contribution in [0.1, 0.15) is 88.5 Å². The molecular weight excluding hydrogens is 530 g/mol. The first-order chi connectivity index (χ1) is 17.8. The van der Waals surface area contributed by atoms with Crippen LogP contribution in [0.2, 0.25) is 0 Å². The highest BCUT2D eigenvalue weighted by Gasteiger charge is 2.51. The van der Waals surface area contributed by atoms with Crippen molar-refractivity contribution in [1.82, 2.24) is 4.90 Å². The summed E-state index contributed by atoms with van der Waals surface area (Å²) in [5, 5.41) is 4.01. The van der Waals surface area contributed by atoms with Gasteiger partial charge in [0.2, 0.25) is 5.60 Å². The van der Waals surface area contributed by atoms with Gasteiger partial charge in [0.1, 0.15) is 22.8 Å². The zero-order chi connectivity index (χ0) is 29.8. The number of amides is 2. The molecule has 0 aromatic heterocycles. The van der Waals surface area contributed by atoms with E-state index in [9.17, 15) is 19.2 Å². The van der Waals surface area contributed by atoms with Crippen LogP contribution in [0, 0.1) is 0 Å². The molecule has 39 heavy (non-hydrogen) atoms. The molecule has 2 aliphatic rings. The van der Waals surface area contributed by atoms with E-state index in [0.29, 0.717) is 17.7 Å².